The molecule has 0 unspecified atom stereocenters. The summed E-state index contributed by atoms with van der Waals surface area (Å²) >= 11 is 0. The number of amidine groups is 1. The van der Waals surface area contributed by atoms with E-state index in [0.717, 1.165) is 9.80 Å². The lowest BCUT2D eigenvalue weighted by atomic mass is 9.84. The molecular formula is C14H18N3O2+. The van der Waals surface area contributed by atoms with Gasteiger partial charge in [-0.1, -0.05) is 4.74 Å². The molecule has 19 heavy (non-hydrogen) atoms. The Labute approximate surface area is 112 Å². The first kappa shape index (κ1) is 13.4. The van der Waals surface area contributed by atoms with E-state index in [1.165, 1.54) is 0 Å². The molecule has 5 heteroatoms. The second-order valence-corrected chi connectivity index (χ2v) is 5.75. The van der Waals surface area contributed by atoms with E-state index in [1.807, 2.05) is 33.8 Å². The highest BCUT2D eigenvalue weighted by atomic mass is 16.5. The van der Waals surface area contributed by atoms with Crippen LogP contribution in [0.4, 0.5) is 0 Å². The van der Waals surface area contributed by atoms with Crippen molar-refractivity contribution in [3.63, 3.8) is 0 Å². The fourth-order valence-corrected chi connectivity index (χ4v) is 2.08. The van der Waals surface area contributed by atoms with E-state index in [1.54, 1.807) is 24.3 Å². The Balaban J connectivity index is 2.55. The number of hydrogen-bond donors (Lipinski definition) is 2. The van der Waals surface area contributed by atoms with Gasteiger partial charge in [0.15, 0.2) is 11.1 Å². The summed E-state index contributed by atoms with van der Waals surface area (Å²) in [6.07, 6.45) is 0. The van der Waals surface area contributed by atoms with Crippen molar-refractivity contribution in [3.8, 4) is 6.07 Å². The molecular weight excluding hydrogens is 242 g/mol. The normalized spacial score (nSPS) is 20.5. The van der Waals surface area contributed by atoms with Gasteiger partial charge in [0, 0.05) is 0 Å². The molecule has 100 valence electrons. The molecule has 0 radical (unpaired) electrons. The maximum atomic E-state index is 10.3. The molecule has 0 amide bonds. The van der Waals surface area contributed by atoms with Gasteiger partial charge >= 0.3 is 5.84 Å². The summed E-state index contributed by atoms with van der Waals surface area (Å²) in [5.41, 5.74) is -0.104. The summed E-state index contributed by atoms with van der Waals surface area (Å²) in [6, 6.07) is 8.76. The monoisotopic (exact) mass is 260 g/mol. The number of nitriles is 1. The minimum atomic E-state index is -0.648. The molecule has 1 aromatic rings. The van der Waals surface area contributed by atoms with Gasteiger partial charge in [0.2, 0.25) is 0 Å². The van der Waals surface area contributed by atoms with Crippen molar-refractivity contribution in [3.05, 3.63) is 35.4 Å². The van der Waals surface area contributed by atoms with Gasteiger partial charge in [-0.3, -0.25) is 0 Å². The molecule has 0 aromatic heterocycles. The Morgan fingerprint density at radius 1 is 1.16 bits per heavy atom. The fourth-order valence-electron chi connectivity index (χ4n) is 2.08. The summed E-state index contributed by atoms with van der Waals surface area (Å²) in [4.78, 5) is 0. The molecule has 0 saturated carbocycles. The molecule has 2 rings (SSSR count). The minimum absolute atomic E-state index is 0.319. The second kappa shape index (κ2) is 3.97. The first-order valence-corrected chi connectivity index (χ1v) is 6.09. The smallest absolute Gasteiger partial charge is 0.349 e. The van der Waals surface area contributed by atoms with E-state index >= 15 is 0 Å². The molecule has 0 aliphatic carbocycles. The fraction of sp³-hybridized carbons (Fsp3) is 0.429. The summed E-state index contributed by atoms with van der Waals surface area (Å²) in [6.45, 7) is 7.42. The Morgan fingerprint density at radius 3 is 2.05 bits per heavy atom. The first-order chi connectivity index (χ1) is 8.73. The highest BCUT2D eigenvalue weighted by Gasteiger charge is 2.62. The Bertz CT molecular complexity index is 580. The van der Waals surface area contributed by atoms with Crippen LogP contribution in [0, 0.1) is 11.3 Å². The van der Waals surface area contributed by atoms with Crippen LogP contribution >= 0.6 is 0 Å². The number of rotatable bonds is 1. The lowest BCUT2D eigenvalue weighted by molar-refractivity contribution is -0.820. The number of hydroxylamine groups is 3. The van der Waals surface area contributed by atoms with Gasteiger partial charge in [-0.25, -0.2) is 5.21 Å². The van der Waals surface area contributed by atoms with Crippen molar-refractivity contribution in [2.45, 2.75) is 38.8 Å². The summed E-state index contributed by atoms with van der Waals surface area (Å²) in [7, 11) is 0. The van der Waals surface area contributed by atoms with Crippen LogP contribution in [0.1, 0.15) is 38.8 Å². The second-order valence-electron chi connectivity index (χ2n) is 5.75. The minimum Gasteiger partial charge on any atom is -0.354 e. The zero-order chi connectivity index (χ0) is 14.4. The average Bonchev–Trinajstić information content (AvgIpc) is 2.49. The molecule has 5 nitrogen and oxygen atoms in total. The molecule has 0 bridgehead atoms. The first-order valence-electron chi connectivity index (χ1n) is 6.09. The van der Waals surface area contributed by atoms with Crippen molar-refractivity contribution in [2.24, 2.45) is 0 Å². The molecule has 1 aliphatic rings. The summed E-state index contributed by atoms with van der Waals surface area (Å²) < 4.78 is 1.08. The number of nitrogens with zero attached hydrogens (tertiary/aromatic N) is 3. The third-order valence-electron chi connectivity index (χ3n) is 4.23. The number of hydrogen-bond acceptors (Lipinski definition) is 4. The van der Waals surface area contributed by atoms with Crippen LogP contribution in [-0.4, -0.2) is 37.1 Å². The molecule has 1 aromatic carbocycles. The van der Waals surface area contributed by atoms with Crippen LogP contribution in [0.2, 0.25) is 0 Å². The Kier molecular flexibility index (Phi) is 2.79. The van der Waals surface area contributed by atoms with Crippen LogP contribution in [0.15, 0.2) is 24.3 Å². The SMILES string of the molecule is CC1(C)N(O)C(c2ccc(C#N)cc2)=[N+](O)C1(C)C. The standard InChI is InChI=1S/C14H18N3O2/c1-13(2)14(3,4)17(19)12(16(13)18)11-7-5-10(9-15)6-8-11/h5-8,18-19H,1-4H3/q+1. The molecule has 2 N–H and O–H groups in total. The van der Waals surface area contributed by atoms with Gasteiger partial charge < -0.3 is 5.21 Å². The number of benzene rings is 1. The van der Waals surface area contributed by atoms with Crippen LogP contribution in [0.5, 0.6) is 0 Å². The zero-order valence-electron chi connectivity index (χ0n) is 11.5. The lowest BCUT2D eigenvalue weighted by Crippen LogP contribution is -2.54. The third-order valence-corrected chi connectivity index (χ3v) is 4.23. The predicted molar refractivity (Wildman–Crippen MR) is 69.1 cm³/mol. The van der Waals surface area contributed by atoms with E-state index in [9.17, 15) is 10.4 Å². The average molecular weight is 260 g/mol. The van der Waals surface area contributed by atoms with E-state index in [0.29, 0.717) is 17.0 Å². The maximum Gasteiger partial charge on any atom is 0.349 e. The highest BCUT2D eigenvalue weighted by Crippen LogP contribution is 2.36. The molecule has 0 spiro atoms. The van der Waals surface area contributed by atoms with Crippen molar-refractivity contribution >= 4 is 5.84 Å². The molecule has 0 atom stereocenters. The van der Waals surface area contributed by atoms with Crippen LogP contribution < -0.4 is 0 Å². The van der Waals surface area contributed by atoms with E-state index in [2.05, 4.69) is 0 Å². The van der Waals surface area contributed by atoms with Gasteiger partial charge in [0.1, 0.15) is 0 Å². The maximum absolute atomic E-state index is 10.3. The topological polar surface area (TPSA) is 70.5 Å². The van der Waals surface area contributed by atoms with Gasteiger partial charge in [-0.05, 0) is 52.0 Å². The van der Waals surface area contributed by atoms with Crippen molar-refractivity contribution in [1.82, 2.24) is 5.06 Å². The van der Waals surface area contributed by atoms with Gasteiger partial charge in [0.25, 0.3) is 0 Å². The van der Waals surface area contributed by atoms with E-state index in [4.69, 9.17) is 5.26 Å². The summed E-state index contributed by atoms with van der Waals surface area (Å²) in [5.74, 6) is 0.319. The largest absolute Gasteiger partial charge is 0.354 e. The van der Waals surface area contributed by atoms with Gasteiger partial charge in [0.05, 0.1) is 17.2 Å². The predicted octanol–water partition coefficient (Wildman–Crippen LogP) is 1.97. The van der Waals surface area contributed by atoms with Crippen molar-refractivity contribution in [1.29, 1.82) is 5.26 Å². The zero-order valence-corrected chi connectivity index (χ0v) is 11.5. The van der Waals surface area contributed by atoms with Crippen molar-refractivity contribution < 1.29 is 15.2 Å². The Morgan fingerprint density at radius 2 is 1.68 bits per heavy atom. The van der Waals surface area contributed by atoms with Crippen molar-refractivity contribution in [2.75, 3.05) is 0 Å². The molecule has 0 saturated heterocycles. The van der Waals surface area contributed by atoms with Crippen LogP contribution in [0.25, 0.3) is 0 Å². The lowest BCUT2D eigenvalue weighted by Gasteiger charge is -2.29. The van der Waals surface area contributed by atoms with E-state index < -0.39 is 11.1 Å². The Hall–Kier alpha value is -2.06. The third kappa shape index (κ3) is 1.68. The van der Waals surface area contributed by atoms with Gasteiger partial charge in [-0.2, -0.15) is 5.26 Å². The summed E-state index contributed by atoms with van der Waals surface area (Å²) in [5, 5.41) is 30.5. The molecule has 1 aliphatic heterocycles. The quantitative estimate of drug-likeness (QED) is 0.598. The van der Waals surface area contributed by atoms with Gasteiger partial charge in [-0.15, -0.1) is 5.06 Å². The molecule has 0 fully saturated rings. The van der Waals surface area contributed by atoms with Crippen LogP contribution in [-0.2, 0) is 0 Å². The molecule has 1 heterocycles. The highest BCUT2D eigenvalue weighted by molar-refractivity contribution is 5.95. The van der Waals surface area contributed by atoms with E-state index in [-0.39, 0.29) is 0 Å². The van der Waals surface area contributed by atoms with Crippen LogP contribution in [0.3, 0.4) is 0 Å².